The summed E-state index contributed by atoms with van der Waals surface area (Å²) >= 11 is 6.17. The molecule has 140 valence electrons. The Labute approximate surface area is 173 Å². The number of amides is 1. The number of thioether (sulfide) groups is 2. The summed E-state index contributed by atoms with van der Waals surface area (Å²) in [5.41, 5.74) is 0.960. The molecule has 27 heavy (non-hydrogen) atoms. The van der Waals surface area contributed by atoms with E-state index in [2.05, 4.69) is 21.4 Å². The third kappa shape index (κ3) is 4.29. The first-order valence-electron chi connectivity index (χ1n) is 8.15. The molecule has 0 spiro atoms. The van der Waals surface area contributed by atoms with Crippen LogP contribution in [-0.4, -0.2) is 38.8 Å². The van der Waals surface area contributed by atoms with Crippen molar-refractivity contribution in [2.45, 2.75) is 23.4 Å². The number of hydrogen-bond donors (Lipinski definition) is 0. The topological polar surface area (TPSA) is 71.6 Å². The molecule has 4 heterocycles. The molecular formula is C17H16N4O2S4. The molecule has 1 atom stereocenters. The Hall–Kier alpha value is -1.62. The van der Waals surface area contributed by atoms with Crippen molar-refractivity contribution in [1.29, 1.82) is 0 Å². The highest BCUT2D eigenvalue weighted by Gasteiger charge is 2.34. The van der Waals surface area contributed by atoms with E-state index in [-0.39, 0.29) is 17.7 Å². The van der Waals surface area contributed by atoms with Crippen LogP contribution >= 0.6 is 46.2 Å². The fourth-order valence-corrected chi connectivity index (χ4v) is 5.23. The summed E-state index contributed by atoms with van der Waals surface area (Å²) in [5, 5.41) is 18.7. The molecule has 6 nitrogen and oxygen atoms in total. The van der Waals surface area contributed by atoms with Gasteiger partial charge in [0.1, 0.15) is 0 Å². The average molecular weight is 437 g/mol. The molecule has 1 aliphatic heterocycles. The van der Waals surface area contributed by atoms with Gasteiger partial charge in [-0.25, -0.2) is 5.01 Å². The Kier molecular flexibility index (Phi) is 5.96. The maximum atomic E-state index is 12.9. The Morgan fingerprint density at radius 3 is 2.89 bits per heavy atom. The second kappa shape index (κ2) is 8.59. The number of hydrazone groups is 1. The molecule has 0 N–H and O–H groups in total. The molecule has 0 fully saturated rings. The summed E-state index contributed by atoms with van der Waals surface area (Å²) in [5.74, 6) is 1.40. The van der Waals surface area contributed by atoms with Crippen molar-refractivity contribution >= 4 is 57.8 Å². The highest BCUT2D eigenvalue weighted by atomic mass is 32.2. The Balaban J connectivity index is 1.48. The van der Waals surface area contributed by atoms with E-state index in [0.717, 1.165) is 21.9 Å². The zero-order chi connectivity index (χ0) is 18.6. The normalized spacial score (nSPS) is 16.7. The highest BCUT2D eigenvalue weighted by molar-refractivity contribution is 7.99. The van der Waals surface area contributed by atoms with E-state index in [0.29, 0.717) is 16.9 Å². The fraction of sp³-hybridized carbons (Fsp3) is 0.294. The van der Waals surface area contributed by atoms with Gasteiger partial charge in [-0.2, -0.15) is 16.9 Å². The van der Waals surface area contributed by atoms with Crippen LogP contribution in [0.1, 0.15) is 28.1 Å². The van der Waals surface area contributed by atoms with Gasteiger partial charge in [0.05, 0.1) is 28.1 Å². The van der Waals surface area contributed by atoms with E-state index in [1.807, 2.05) is 35.2 Å². The number of rotatable bonds is 7. The van der Waals surface area contributed by atoms with Gasteiger partial charge in [0.15, 0.2) is 0 Å². The van der Waals surface area contributed by atoms with Crippen molar-refractivity contribution in [2.75, 3.05) is 12.0 Å². The van der Waals surface area contributed by atoms with Crippen LogP contribution in [0.3, 0.4) is 0 Å². The van der Waals surface area contributed by atoms with Gasteiger partial charge in [-0.3, -0.25) is 4.79 Å². The SMILES string of the molecule is CSCc1nnc(SCC(=O)N2N=C(c3cccs3)C[C@@H]2c2cccs2)o1. The first kappa shape index (κ1) is 18.7. The van der Waals surface area contributed by atoms with Gasteiger partial charge >= 0.3 is 0 Å². The van der Waals surface area contributed by atoms with Crippen molar-refractivity contribution in [3.05, 3.63) is 50.7 Å². The summed E-state index contributed by atoms with van der Waals surface area (Å²) < 4.78 is 5.53. The van der Waals surface area contributed by atoms with E-state index in [4.69, 9.17) is 4.42 Å². The van der Waals surface area contributed by atoms with Gasteiger partial charge in [0.25, 0.3) is 11.1 Å². The Bertz CT molecular complexity index is 921. The third-order valence-corrected chi connectivity index (χ3v) is 7.11. The van der Waals surface area contributed by atoms with Crippen LogP contribution in [0.5, 0.6) is 0 Å². The number of nitrogens with zero attached hydrogens (tertiary/aromatic N) is 4. The zero-order valence-electron chi connectivity index (χ0n) is 14.4. The van der Waals surface area contributed by atoms with Gasteiger partial charge in [0, 0.05) is 11.3 Å². The van der Waals surface area contributed by atoms with E-state index in [1.54, 1.807) is 39.4 Å². The van der Waals surface area contributed by atoms with Crippen molar-refractivity contribution in [3.63, 3.8) is 0 Å². The molecule has 0 aliphatic carbocycles. The number of aromatic nitrogens is 2. The monoisotopic (exact) mass is 436 g/mol. The van der Waals surface area contributed by atoms with Crippen LogP contribution in [0.4, 0.5) is 0 Å². The zero-order valence-corrected chi connectivity index (χ0v) is 17.7. The van der Waals surface area contributed by atoms with Gasteiger partial charge in [-0.05, 0) is 29.1 Å². The van der Waals surface area contributed by atoms with Crippen LogP contribution in [0.15, 0.2) is 49.8 Å². The van der Waals surface area contributed by atoms with Crippen LogP contribution in [0.2, 0.25) is 0 Å². The standard InChI is InChI=1S/C17H16N4O2S4/c1-24-9-15-18-19-17(23-15)27-10-16(22)21-12(14-5-3-7-26-14)8-11(20-21)13-4-2-6-25-13/h2-7,12H,8-10H2,1H3/t12-/m1/s1. The van der Waals surface area contributed by atoms with Crippen molar-refractivity contribution < 1.29 is 9.21 Å². The minimum absolute atomic E-state index is 0.0510. The molecule has 0 bridgehead atoms. The van der Waals surface area contributed by atoms with Gasteiger partial charge in [-0.15, -0.1) is 32.9 Å². The second-order valence-corrected chi connectivity index (χ2v) is 9.40. The maximum absolute atomic E-state index is 12.9. The van der Waals surface area contributed by atoms with Gasteiger partial charge in [-0.1, -0.05) is 23.9 Å². The highest BCUT2D eigenvalue weighted by Crippen LogP contribution is 2.36. The quantitative estimate of drug-likeness (QED) is 0.507. The summed E-state index contributed by atoms with van der Waals surface area (Å²) in [4.78, 5) is 15.1. The smallest absolute Gasteiger partial charge is 0.277 e. The lowest BCUT2D eigenvalue weighted by Crippen LogP contribution is -2.28. The fourth-order valence-electron chi connectivity index (χ4n) is 2.70. The van der Waals surface area contributed by atoms with E-state index in [9.17, 15) is 4.79 Å². The van der Waals surface area contributed by atoms with Crippen molar-refractivity contribution in [2.24, 2.45) is 5.10 Å². The molecule has 0 saturated carbocycles. The third-order valence-electron chi connectivity index (χ3n) is 3.88. The first-order valence-corrected chi connectivity index (χ1v) is 12.3. The molecule has 0 unspecified atom stereocenters. The molecule has 1 aliphatic rings. The van der Waals surface area contributed by atoms with E-state index in [1.165, 1.54) is 11.8 Å². The van der Waals surface area contributed by atoms with Crippen LogP contribution in [0, 0.1) is 0 Å². The number of carbonyl (C=O) groups excluding carboxylic acids is 1. The lowest BCUT2D eigenvalue weighted by Gasteiger charge is -2.20. The molecule has 3 aromatic rings. The first-order chi connectivity index (χ1) is 13.2. The predicted molar refractivity (Wildman–Crippen MR) is 112 cm³/mol. The van der Waals surface area contributed by atoms with E-state index < -0.39 is 0 Å². The summed E-state index contributed by atoms with van der Waals surface area (Å²) in [6.45, 7) is 0. The van der Waals surface area contributed by atoms with Gasteiger partial charge < -0.3 is 4.42 Å². The van der Waals surface area contributed by atoms with Crippen LogP contribution in [0.25, 0.3) is 0 Å². The number of carbonyl (C=O) groups is 1. The number of hydrogen-bond acceptors (Lipinski definition) is 9. The summed E-state index contributed by atoms with van der Waals surface area (Å²) in [7, 11) is 0. The Morgan fingerprint density at radius 2 is 2.15 bits per heavy atom. The lowest BCUT2D eigenvalue weighted by molar-refractivity contribution is -0.130. The molecule has 0 radical (unpaired) electrons. The second-order valence-electron chi connectivity index (χ2n) is 5.68. The predicted octanol–water partition coefficient (Wildman–Crippen LogP) is 4.53. The minimum atomic E-state index is -0.0606. The summed E-state index contributed by atoms with van der Waals surface area (Å²) in [6.07, 6.45) is 2.71. The number of thiophene rings is 2. The lowest BCUT2D eigenvalue weighted by atomic mass is 10.1. The van der Waals surface area contributed by atoms with Gasteiger partial charge in [0.2, 0.25) is 5.89 Å². The van der Waals surface area contributed by atoms with Crippen molar-refractivity contribution in [1.82, 2.24) is 15.2 Å². The molecule has 10 heteroatoms. The molecule has 4 rings (SSSR count). The maximum Gasteiger partial charge on any atom is 0.277 e. The Morgan fingerprint density at radius 1 is 1.30 bits per heavy atom. The molecular weight excluding hydrogens is 420 g/mol. The van der Waals surface area contributed by atoms with Crippen molar-refractivity contribution in [3.8, 4) is 0 Å². The van der Waals surface area contributed by atoms with E-state index >= 15 is 0 Å². The average Bonchev–Trinajstić information content (AvgIpc) is 3.47. The van der Waals surface area contributed by atoms with Crippen LogP contribution in [-0.2, 0) is 10.5 Å². The summed E-state index contributed by atoms with van der Waals surface area (Å²) in [6, 6.07) is 8.06. The molecule has 0 aromatic carbocycles. The van der Waals surface area contributed by atoms with Crippen LogP contribution < -0.4 is 0 Å². The largest absolute Gasteiger partial charge is 0.415 e. The molecule has 1 amide bonds. The molecule has 3 aromatic heterocycles. The minimum Gasteiger partial charge on any atom is -0.415 e. The molecule has 0 saturated heterocycles.